The van der Waals surface area contributed by atoms with Gasteiger partial charge in [0.1, 0.15) is 0 Å². The van der Waals surface area contributed by atoms with Gasteiger partial charge in [-0.3, -0.25) is 9.59 Å². The molecule has 0 bridgehead atoms. The summed E-state index contributed by atoms with van der Waals surface area (Å²) in [5.74, 6) is -0.548. The van der Waals surface area contributed by atoms with E-state index in [1.54, 1.807) is 12.1 Å². The van der Waals surface area contributed by atoms with E-state index in [1.807, 2.05) is 0 Å². The Morgan fingerprint density at radius 1 is 1.39 bits per heavy atom. The molecule has 2 rings (SSSR count). The Morgan fingerprint density at radius 3 is 2.87 bits per heavy atom. The molecule has 23 heavy (non-hydrogen) atoms. The fourth-order valence-electron chi connectivity index (χ4n) is 2.19. The van der Waals surface area contributed by atoms with Crippen molar-refractivity contribution in [3.8, 4) is 0 Å². The van der Waals surface area contributed by atoms with Gasteiger partial charge in [-0.2, -0.15) is 4.31 Å². The molecule has 0 radical (unpaired) electrons. The van der Waals surface area contributed by atoms with Crippen LogP contribution in [0, 0.1) is 0 Å². The molecule has 2 amide bonds. The number of nitrogens with one attached hydrogen (secondary N) is 2. The van der Waals surface area contributed by atoms with Crippen molar-refractivity contribution in [3.63, 3.8) is 0 Å². The van der Waals surface area contributed by atoms with Gasteiger partial charge in [-0.1, -0.05) is 6.07 Å². The zero-order chi connectivity index (χ0) is 16.9. The molecule has 4 N–H and O–H groups in total. The monoisotopic (exact) mass is 340 g/mol. The van der Waals surface area contributed by atoms with Gasteiger partial charge in [-0.05, 0) is 31.2 Å². The van der Waals surface area contributed by atoms with E-state index in [9.17, 15) is 18.0 Å². The molecular formula is C14H20N4O4S. The van der Waals surface area contributed by atoms with Gasteiger partial charge < -0.3 is 16.4 Å². The fraction of sp³-hybridized carbons (Fsp3) is 0.429. The van der Waals surface area contributed by atoms with Crippen LogP contribution in [-0.2, 0) is 19.6 Å². The maximum atomic E-state index is 12.6. The van der Waals surface area contributed by atoms with Crippen LogP contribution < -0.4 is 16.4 Å². The molecule has 1 heterocycles. The molecule has 126 valence electrons. The minimum absolute atomic E-state index is 0.0452. The van der Waals surface area contributed by atoms with E-state index in [-0.39, 0.29) is 42.8 Å². The average molecular weight is 340 g/mol. The molecular weight excluding hydrogens is 320 g/mol. The van der Waals surface area contributed by atoms with Gasteiger partial charge in [0.05, 0.1) is 11.4 Å². The maximum Gasteiger partial charge on any atom is 0.243 e. The van der Waals surface area contributed by atoms with E-state index < -0.39 is 10.0 Å². The van der Waals surface area contributed by atoms with Crippen LogP contribution in [0.1, 0.15) is 12.8 Å². The molecule has 0 aromatic heterocycles. The van der Waals surface area contributed by atoms with E-state index in [0.717, 1.165) is 4.31 Å². The molecule has 0 atom stereocenters. The second-order valence-corrected chi connectivity index (χ2v) is 7.09. The molecule has 1 aliphatic rings. The number of carbonyl (C=O) groups excluding carboxylic acids is 2. The van der Waals surface area contributed by atoms with Crippen molar-refractivity contribution < 1.29 is 18.0 Å². The molecule has 1 saturated heterocycles. The Bertz CT molecular complexity index is 690. The summed E-state index contributed by atoms with van der Waals surface area (Å²) < 4.78 is 26.2. The third kappa shape index (κ3) is 4.50. The first-order chi connectivity index (χ1) is 10.9. The van der Waals surface area contributed by atoms with Crippen molar-refractivity contribution in [1.29, 1.82) is 0 Å². The lowest BCUT2D eigenvalue weighted by Gasteiger charge is -2.26. The summed E-state index contributed by atoms with van der Waals surface area (Å²) >= 11 is 0. The van der Waals surface area contributed by atoms with Gasteiger partial charge in [0.2, 0.25) is 21.8 Å². The number of benzene rings is 1. The van der Waals surface area contributed by atoms with Gasteiger partial charge in [0, 0.05) is 25.2 Å². The first kappa shape index (κ1) is 17.4. The van der Waals surface area contributed by atoms with Crippen LogP contribution in [0.15, 0.2) is 29.2 Å². The van der Waals surface area contributed by atoms with Gasteiger partial charge >= 0.3 is 0 Å². The number of amides is 2. The van der Waals surface area contributed by atoms with E-state index in [1.165, 1.54) is 12.1 Å². The Labute approximate surface area is 135 Å². The lowest BCUT2D eigenvalue weighted by atomic mass is 10.2. The van der Waals surface area contributed by atoms with Crippen LogP contribution in [0.3, 0.4) is 0 Å². The number of anilines is 1. The van der Waals surface area contributed by atoms with E-state index in [0.29, 0.717) is 18.7 Å². The number of carbonyl (C=O) groups is 2. The molecule has 9 heteroatoms. The highest BCUT2D eigenvalue weighted by molar-refractivity contribution is 7.89. The summed E-state index contributed by atoms with van der Waals surface area (Å²) in [7, 11) is -3.77. The molecule has 1 aromatic rings. The SMILES string of the molecule is NCCCC(=O)Nc1cccc(S(=O)(=O)N2CCNC(=O)C2)c1. The predicted molar refractivity (Wildman–Crippen MR) is 85.1 cm³/mol. The first-order valence-corrected chi connectivity index (χ1v) is 8.74. The van der Waals surface area contributed by atoms with Crippen molar-refractivity contribution in [2.24, 2.45) is 5.73 Å². The number of hydrogen-bond donors (Lipinski definition) is 3. The molecule has 1 aromatic carbocycles. The molecule has 0 aliphatic carbocycles. The van der Waals surface area contributed by atoms with Gasteiger partial charge in [-0.25, -0.2) is 8.42 Å². The van der Waals surface area contributed by atoms with Gasteiger partial charge in [-0.15, -0.1) is 0 Å². The number of piperazine rings is 1. The summed E-state index contributed by atoms with van der Waals surface area (Å²) in [5.41, 5.74) is 5.75. The Morgan fingerprint density at radius 2 is 2.17 bits per heavy atom. The lowest BCUT2D eigenvalue weighted by molar-refractivity contribution is -0.122. The molecule has 1 fully saturated rings. The van der Waals surface area contributed by atoms with Crippen LogP contribution in [0.2, 0.25) is 0 Å². The predicted octanol–water partition coefficient (Wildman–Crippen LogP) is -0.515. The van der Waals surface area contributed by atoms with Crippen molar-refractivity contribution in [3.05, 3.63) is 24.3 Å². The van der Waals surface area contributed by atoms with Crippen molar-refractivity contribution in [2.45, 2.75) is 17.7 Å². The molecule has 8 nitrogen and oxygen atoms in total. The summed E-state index contributed by atoms with van der Waals surface area (Å²) in [6, 6.07) is 6.00. The number of nitrogens with two attached hydrogens (primary N) is 1. The second-order valence-electron chi connectivity index (χ2n) is 5.16. The summed E-state index contributed by atoms with van der Waals surface area (Å²) in [4.78, 5) is 23.1. The highest BCUT2D eigenvalue weighted by Gasteiger charge is 2.29. The second kappa shape index (κ2) is 7.53. The minimum Gasteiger partial charge on any atom is -0.354 e. The molecule has 0 unspecified atom stereocenters. The van der Waals surface area contributed by atoms with Crippen LogP contribution in [0.5, 0.6) is 0 Å². The summed E-state index contributed by atoms with van der Waals surface area (Å²) in [6.45, 7) is 0.725. The van der Waals surface area contributed by atoms with Crippen molar-refractivity contribution >= 4 is 27.5 Å². The first-order valence-electron chi connectivity index (χ1n) is 7.30. The lowest BCUT2D eigenvalue weighted by Crippen LogP contribution is -2.49. The zero-order valence-electron chi connectivity index (χ0n) is 12.6. The molecule has 0 spiro atoms. The highest BCUT2D eigenvalue weighted by atomic mass is 32.2. The normalized spacial score (nSPS) is 16.0. The van der Waals surface area contributed by atoms with Crippen LogP contribution in [0.4, 0.5) is 5.69 Å². The number of hydrogen-bond acceptors (Lipinski definition) is 5. The maximum absolute atomic E-state index is 12.6. The summed E-state index contributed by atoms with van der Waals surface area (Å²) in [5, 5.41) is 5.22. The molecule has 0 saturated carbocycles. The Kier molecular flexibility index (Phi) is 5.69. The number of nitrogens with zero attached hydrogens (tertiary/aromatic N) is 1. The smallest absolute Gasteiger partial charge is 0.243 e. The minimum atomic E-state index is -3.77. The van der Waals surface area contributed by atoms with E-state index in [4.69, 9.17) is 5.73 Å². The van der Waals surface area contributed by atoms with Crippen LogP contribution in [0.25, 0.3) is 0 Å². The van der Waals surface area contributed by atoms with E-state index >= 15 is 0 Å². The fourth-order valence-corrected chi connectivity index (χ4v) is 3.63. The number of sulfonamides is 1. The summed E-state index contributed by atoms with van der Waals surface area (Å²) in [6.07, 6.45) is 0.840. The van der Waals surface area contributed by atoms with Gasteiger partial charge in [0.25, 0.3) is 0 Å². The third-order valence-electron chi connectivity index (χ3n) is 3.37. The van der Waals surface area contributed by atoms with Gasteiger partial charge in [0.15, 0.2) is 0 Å². The average Bonchev–Trinajstić information content (AvgIpc) is 2.53. The standard InChI is InChI=1S/C14H20N4O4S/c15-6-2-5-13(19)17-11-3-1-4-12(9-11)23(21,22)18-8-7-16-14(20)10-18/h1,3-4,9H,2,5-8,10,15H2,(H,16,20)(H,17,19). The van der Waals surface area contributed by atoms with Crippen molar-refractivity contribution in [2.75, 3.05) is 31.5 Å². The van der Waals surface area contributed by atoms with Crippen LogP contribution in [-0.4, -0.2) is 50.7 Å². The topological polar surface area (TPSA) is 122 Å². The third-order valence-corrected chi connectivity index (χ3v) is 5.21. The van der Waals surface area contributed by atoms with E-state index in [2.05, 4.69) is 10.6 Å². The van der Waals surface area contributed by atoms with Crippen LogP contribution >= 0.6 is 0 Å². The van der Waals surface area contributed by atoms with Crippen molar-refractivity contribution in [1.82, 2.24) is 9.62 Å². The zero-order valence-corrected chi connectivity index (χ0v) is 13.4. The largest absolute Gasteiger partial charge is 0.354 e. The highest BCUT2D eigenvalue weighted by Crippen LogP contribution is 2.20. The number of rotatable bonds is 6. The quantitative estimate of drug-likeness (QED) is 0.643. The Balaban J connectivity index is 2.14. The Hall–Kier alpha value is -1.97. The molecule has 1 aliphatic heterocycles.